The Bertz CT molecular complexity index is 336. The topological polar surface area (TPSA) is 37.3 Å². The van der Waals surface area contributed by atoms with Crippen LogP contribution in [-0.4, -0.2) is 10.9 Å². The van der Waals surface area contributed by atoms with Crippen LogP contribution in [0.1, 0.15) is 17.3 Å². The van der Waals surface area contributed by atoms with E-state index in [9.17, 15) is 9.18 Å². The maximum absolute atomic E-state index is 12.9. The lowest BCUT2D eigenvalue weighted by atomic mass is 10.1. The van der Waals surface area contributed by atoms with Gasteiger partial charge in [-0.15, -0.1) is 0 Å². The van der Waals surface area contributed by atoms with Gasteiger partial charge in [0.05, 0.1) is 9.13 Å². The highest BCUT2D eigenvalue weighted by atomic mass is 127. The van der Waals surface area contributed by atoms with E-state index in [1.165, 1.54) is 6.92 Å². The molecule has 64 valence electrons. The van der Waals surface area contributed by atoms with E-state index in [0.717, 1.165) is 12.1 Å². The zero-order valence-electron chi connectivity index (χ0n) is 6.27. The molecule has 12 heavy (non-hydrogen) atoms. The fraction of sp³-hybridized carbons (Fsp3) is 0.125. The minimum atomic E-state index is -0.593. The van der Waals surface area contributed by atoms with Crippen LogP contribution in [0.5, 0.6) is 5.75 Å². The number of carbonyl (C=O) groups is 1. The van der Waals surface area contributed by atoms with Gasteiger partial charge in [0.1, 0.15) is 11.6 Å². The second kappa shape index (κ2) is 3.38. The van der Waals surface area contributed by atoms with Crippen molar-refractivity contribution in [1.29, 1.82) is 0 Å². The van der Waals surface area contributed by atoms with Gasteiger partial charge in [0.25, 0.3) is 0 Å². The summed E-state index contributed by atoms with van der Waals surface area (Å²) in [6, 6.07) is 2.27. The highest BCUT2D eigenvalue weighted by Crippen LogP contribution is 2.23. The number of phenolic OH excluding ortho intramolecular Hbond substituents is 1. The van der Waals surface area contributed by atoms with Gasteiger partial charge >= 0.3 is 0 Å². The first kappa shape index (κ1) is 9.44. The van der Waals surface area contributed by atoms with Crippen molar-refractivity contribution in [3.8, 4) is 5.75 Å². The summed E-state index contributed by atoms with van der Waals surface area (Å²) in [6.45, 7) is 1.25. The summed E-state index contributed by atoms with van der Waals surface area (Å²) in [6.07, 6.45) is 0. The maximum Gasteiger partial charge on any atom is 0.162 e. The monoisotopic (exact) mass is 280 g/mol. The molecule has 0 saturated heterocycles. The van der Waals surface area contributed by atoms with Crippen molar-refractivity contribution in [1.82, 2.24) is 0 Å². The third-order valence-corrected chi connectivity index (χ3v) is 2.28. The number of Topliss-reactive ketones (excluding diaryl/α,β-unsaturated/α-hetero) is 1. The number of rotatable bonds is 1. The van der Waals surface area contributed by atoms with E-state index in [4.69, 9.17) is 5.11 Å². The standard InChI is InChI=1S/C8H6FIO2/c1-4(11)5-2-8(12)7(10)3-6(5)9/h2-3,12H,1H3. The average Bonchev–Trinajstić information content (AvgIpc) is 1.96. The predicted molar refractivity (Wildman–Crippen MR) is 50.8 cm³/mol. The van der Waals surface area contributed by atoms with Crippen molar-refractivity contribution in [2.24, 2.45) is 0 Å². The van der Waals surface area contributed by atoms with E-state index in [1.807, 2.05) is 0 Å². The molecule has 4 heteroatoms. The van der Waals surface area contributed by atoms with Crippen molar-refractivity contribution < 1.29 is 14.3 Å². The van der Waals surface area contributed by atoms with Gasteiger partial charge in [-0.2, -0.15) is 0 Å². The number of phenols is 1. The molecule has 0 bridgehead atoms. The molecule has 0 amide bonds. The number of hydrogen-bond acceptors (Lipinski definition) is 2. The Hall–Kier alpha value is -0.650. The molecule has 1 N–H and O–H groups in total. The fourth-order valence-electron chi connectivity index (χ4n) is 0.807. The minimum Gasteiger partial charge on any atom is -0.507 e. The van der Waals surface area contributed by atoms with Crippen molar-refractivity contribution in [3.05, 3.63) is 27.1 Å². The molecular weight excluding hydrogens is 274 g/mol. The summed E-state index contributed by atoms with van der Waals surface area (Å²) in [5, 5.41) is 9.15. The first-order valence-electron chi connectivity index (χ1n) is 3.21. The van der Waals surface area contributed by atoms with Crippen LogP contribution < -0.4 is 0 Å². The van der Waals surface area contributed by atoms with Crippen LogP contribution in [0.4, 0.5) is 4.39 Å². The second-order valence-electron chi connectivity index (χ2n) is 2.34. The van der Waals surface area contributed by atoms with Crippen LogP contribution in [-0.2, 0) is 0 Å². The first-order chi connectivity index (χ1) is 5.52. The van der Waals surface area contributed by atoms with Gasteiger partial charge in [0.2, 0.25) is 0 Å². The molecule has 0 radical (unpaired) electrons. The van der Waals surface area contributed by atoms with Crippen LogP contribution >= 0.6 is 22.6 Å². The molecule has 1 rings (SSSR count). The van der Waals surface area contributed by atoms with Crippen LogP contribution in [0.3, 0.4) is 0 Å². The fourth-order valence-corrected chi connectivity index (χ4v) is 1.24. The van der Waals surface area contributed by atoms with E-state index in [-0.39, 0.29) is 17.1 Å². The van der Waals surface area contributed by atoms with E-state index < -0.39 is 5.82 Å². The Balaban J connectivity index is 3.33. The van der Waals surface area contributed by atoms with Gasteiger partial charge in [-0.25, -0.2) is 4.39 Å². The molecule has 2 nitrogen and oxygen atoms in total. The first-order valence-corrected chi connectivity index (χ1v) is 4.29. The Morgan fingerprint density at radius 1 is 1.58 bits per heavy atom. The van der Waals surface area contributed by atoms with Crippen molar-refractivity contribution in [3.63, 3.8) is 0 Å². The lowest BCUT2D eigenvalue weighted by molar-refractivity contribution is 0.101. The Kier molecular flexibility index (Phi) is 2.66. The van der Waals surface area contributed by atoms with Crippen LogP contribution in [0, 0.1) is 9.39 Å². The Morgan fingerprint density at radius 3 is 2.67 bits per heavy atom. The van der Waals surface area contributed by atoms with Gasteiger partial charge in [0, 0.05) is 0 Å². The number of hydrogen-bond donors (Lipinski definition) is 1. The number of aromatic hydroxyl groups is 1. The average molecular weight is 280 g/mol. The maximum atomic E-state index is 12.9. The van der Waals surface area contributed by atoms with E-state index in [1.54, 1.807) is 22.6 Å². The molecule has 0 saturated carbocycles. The van der Waals surface area contributed by atoms with Crippen molar-refractivity contribution in [2.45, 2.75) is 6.92 Å². The number of carbonyl (C=O) groups excluding carboxylic acids is 1. The quantitative estimate of drug-likeness (QED) is 0.633. The molecule has 1 aromatic carbocycles. The SMILES string of the molecule is CC(=O)c1cc(O)c(I)cc1F. The lowest BCUT2D eigenvalue weighted by Gasteiger charge is -2.01. The molecule has 0 atom stereocenters. The van der Waals surface area contributed by atoms with Crippen LogP contribution in [0.2, 0.25) is 0 Å². The normalized spacial score (nSPS) is 9.92. The van der Waals surface area contributed by atoms with Gasteiger partial charge in [-0.05, 0) is 41.6 Å². The zero-order valence-corrected chi connectivity index (χ0v) is 8.42. The summed E-state index contributed by atoms with van der Waals surface area (Å²) in [7, 11) is 0. The summed E-state index contributed by atoms with van der Waals surface area (Å²) in [5.74, 6) is -1.05. The molecule has 0 aromatic heterocycles. The van der Waals surface area contributed by atoms with E-state index >= 15 is 0 Å². The smallest absolute Gasteiger partial charge is 0.162 e. The third-order valence-electron chi connectivity index (χ3n) is 1.42. The zero-order chi connectivity index (χ0) is 9.30. The molecule has 0 unspecified atom stereocenters. The summed E-state index contributed by atoms with van der Waals surface area (Å²) >= 11 is 1.79. The summed E-state index contributed by atoms with van der Waals surface area (Å²) in [5.41, 5.74) is -0.0760. The van der Waals surface area contributed by atoms with E-state index in [0.29, 0.717) is 3.57 Å². The highest BCUT2D eigenvalue weighted by Gasteiger charge is 2.10. The highest BCUT2D eigenvalue weighted by molar-refractivity contribution is 14.1. The minimum absolute atomic E-state index is 0.0674. The van der Waals surface area contributed by atoms with Gasteiger partial charge < -0.3 is 5.11 Å². The molecular formula is C8H6FIO2. The second-order valence-corrected chi connectivity index (χ2v) is 3.50. The van der Waals surface area contributed by atoms with Gasteiger partial charge in [0.15, 0.2) is 5.78 Å². The Morgan fingerprint density at radius 2 is 2.17 bits per heavy atom. The van der Waals surface area contributed by atoms with E-state index in [2.05, 4.69) is 0 Å². The summed E-state index contributed by atoms with van der Waals surface area (Å²) in [4.78, 5) is 10.8. The largest absolute Gasteiger partial charge is 0.507 e. The lowest BCUT2D eigenvalue weighted by Crippen LogP contribution is -1.97. The molecule has 0 aliphatic heterocycles. The van der Waals surface area contributed by atoms with Crippen molar-refractivity contribution >= 4 is 28.4 Å². The van der Waals surface area contributed by atoms with Crippen LogP contribution in [0.15, 0.2) is 12.1 Å². The molecule has 0 spiro atoms. The number of ketones is 1. The molecule has 0 aliphatic carbocycles. The number of benzene rings is 1. The third kappa shape index (κ3) is 1.74. The summed E-state index contributed by atoms with van der Waals surface area (Å²) < 4.78 is 13.3. The molecule has 0 fully saturated rings. The van der Waals surface area contributed by atoms with Crippen molar-refractivity contribution in [2.75, 3.05) is 0 Å². The predicted octanol–water partition coefficient (Wildman–Crippen LogP) is 2.34. The molecule has 0 aliphatic rings. The van der Waals surface area contributed by atoms with Gasteiger partial charge in [-0.3, -0.25) is 4.79 Å². The molecule has 1 aromatic rings. The molecule has 0 heterocycles. The van der Waals surface area contributed by atoms with Gasteiger partial charge in [-0.1, -0.05) is 0 Å². The number of halogens is 2. The Labute approximate surface area is 82.5 Å². The van der Waals surface area contributed by atoms with Crippen LogP contribution in [0.25, 0.3) is 0 Å².